The lowest BCUT2D eigenvalue weighted by atomic mass is 9.94. The van der Waals surface area contributed by atoms with Crippen molar-refractivity contribution in [2.75, 3.05) is 26.1 Å². The number of para-hydroxylation sites is 1. The molecule has 0 unspecified atom stereocenters. The molecule has 8 nitrogen and oxygen atoms in total. The summed E-state index contributed by atoms with van der Waals surface area (Å²) >= 11 is 4.77. The second kappa shape index (κ2) is 12.8. The Morgan fingerprint density at radius 2 is 1.81 bits per heavy atom. The van der Waals surface area contributed by atoms with E-state index in [4.69, 9.17) is 19.2 Å². The van der Waals surface area contributed by atoms with Gasteiger partial charge in [-0.15, -0.1) is 0 Å². The van der Waals surface area contributed by atoms with Gasteiger partial charge in [0, 0.05) is 15.7 Å². The number of aromatic nitrogens is 1. The van der Waals surface area contributed by atoms with Crippen molar-refractivity contribution in [1.29, 1.82) is 0 Å². The number of aryl methyl sites for hydroxylation is 1. The van der Waals surface area contributed by atoms with Gasteiger partial charge in [-0.05, 0) is 67.4 Å². The average Bonchev–Trinajstić information content (AvgIpc) is 3.30. The van der Waals surface area contributed by atoms with Gasteiger partial charge in [0.05, 0.1) is 36.1 Å². The Balaban J connectivity index is 1.71. The molecule has 10 heteroatoms. The smallest absolute Gasteiger partial charge is 0.271 e. The molecule has 2 heterocycles. The summed E-state index contributed by atoms with van der Waals surface area (Å²) in [4.78, 5) is 33.4. The van der Waals surface area contributed by atoms with Crippen LogP contribution in [0.1, 0.15) is 29.7 Å². The number of carbonyl (C=O) groups is 1. The summed E-state index contributed by atoms with van der Waals surface area (Å²) < 4.78 is 19.7. The number of halogens is 1. The van der Waals surface area contributed by atoms with Gasteiger partial charge in [-0.2, -0.15) is 0 Å². The molecule has 0 spiro atoms. The first-order chi connectivity index (χ1) is 20.7. The molecule has 5 rings (SSSR count). The van der Waals surface area contributed by atoms with Crippen molar-refractivity contribution in [2.24, 2.45) is 4.99 Å². The first-order valence-electron chi connectivity index (χ1n) is 13.4. The Hall–Kier alpha value is -4.41. The number of methoxy groups -OCH3 is 2. The van der Waals surface area contributed by atoms with Crippen LogP contribution in [-0.2, 0) is 4.79 Å². The summed E-state index contributed by atoms with van der Waals surface area (Å²) in [7, 11) is 3.10. The zero-order chi connectivity index (χ0) is 30.7. The third-order valence-electron chi connectivity index (χ3n) is 7.00. The minimum atomic E-state index is -0.777. The number of hydrogen-bond acceptors (Lipinski definition) is 7. The second-order valence-electron chi connectivity index (χ2n) is 9.75. The van der Waals surface area contributed by atoms with Crippen LogP contribution in [0.4, 0.5) is 5.69 Å². The van der Waals surface area contributed by atoms with Gasteiger partial charge >= 0.3 is 0 Å². The van der Waals surface area contributed by atoms with Crippen LogP contribution in [0.15, 0.2) is 98.8 Å². The van der Waals surface area contributed by atoms with Gasteiger partial charge in [-0.3, -0.25) is 14.2 Å². The van der Waals surface area contributed by atoms with Gasteiger partial charge in [0.1, 0.15) is 12.4 Å². The summed E-state index contributed by atoms with van der Waals surface area (Å²) in [5, 5.41) is 3.03. The Morgan fingerprint density at radius 1 is 1.07 bits per heavy atom. The number of fused-ring (bicyclic) bond motifs is 1. The van der Waals surface area contributed by atoms with Crippen molar-refractivity contribution < 1.29 is 19.0 Å². The predicted octanol–water partition coefficient (Wildman–Crippen LogP) is 5.53. The highest BCUT2D eigenvalue weighted by Gasteiger charge is 2.33. The summed E-state index contributed by atoms with van der Waals surface area (Å²) in [6.45, 7) is 7.75. The maximum atomic E-state index is 14.2. The van der Waals surface area contributed by atoms with Crippen LogP contribution in [-0.4, -0.2) is 31.3 Å². The van der Waals surface area contributed by atoms with Gasteiger partial charge in [-0.25, -0.2) is 4.99 Å². The summed E-state index contributed by atoms with van der Waals surface area (Å²) in [5.41, 5.74) is 3.57. The fourth-order valence-corrected chi connectivity index (χ4v) is 6.32. The Bertz CT molecular complexity index is 1940. The van der Waals surface area contributed by atoms with Crippen LogP contribution in [0, 0.1) is 6.92 Å². The predicted molar refractivity (Wildman–Crippen MR) is 173 cm³/mol. The highest BCUT2D eigenvalue weighted by Crippen LogP contribution is 2.36. The molecule has 1 N–H and O–H groups in total. The van der Waals surface area contributed by atoms with Crippen molar-refractivity contribution in [3.8, 4) is 17.2 Å². The lowest BCUT2D eigenvalue weighted by Crippen LogP contribution is -2.40. The Kier molecular flexibility index (Phi) is 8.98. The number of thiazole rings is 1. The molecule has 1 aromatic heterocycles. The lowest BCUT2D eigenvalue weighted by molar-refractivity contribution is -0.113. The maximum Gasteiger partial charge on any atom is 0.271 e. The van der Waals surface area contributed by atoms with E-state index in [9.17, 15) is 9.59 Å². The minimum absolute atomic E-state index is 0.285. The van der Waals surface area contributed by atoms with E-state index >= 15 is 0 Å². The van der Waals surface area contributed by atoms with Crippen LogP contribution in [0.5, 0.6) is 17.2 Å². The number of allylic oxidation sites excluding steroid dienone is 1. The number of amides is 1. The van der Waals surface area contributed by atoms with Crippen LogP contribution in [0.3, 0.4) is 0 Å². The van der Waals surface area contributed by atoms with E-state index in [2.05, 4.69) is 27.8 Å². The summed E-state index contributed by atoms with van der Waals surface area (Å²) in [5.74, 6) is 1.28. The van der Waals surface area contributed by atoms with Crippen molar-refractivity contribution in [1.82, 2.24) is 4.57 Å². The molecule has 1 aliphatic heterocycles. The molecule has 1 atom stereocenters. The normalized spacial score (nSPS) is 14.5. The number of rotatable bonds is 9. The van der Waals surface area contributed by atoms with Crippen LogP contribution < -0.4 is 34.4 Å². The molecule has 0 radical (unpaired) electrons. The van der Waals surface area contributed by atoms with Gasteiger partial charge in [0.2, 0.25) is 0 Å². The fraction of sp³-hybridized carbons (Fsp3) is 0.182. The highest BCUT2D eigenvalue weighted by atomic mass is 79.9. The second-order valence-corrected chi connectivity index (χ2v) is 11.7. The van der Waals surface area contributed by atoms with E-state index in [0.29, 0.717) is 55.7 Å². The van der Waals surface area contributed by atoms with Crippen LogP contribution in [0.2, 0.25) is 0 Å². The first-order valence-corrected chi connectivity index (χ1v) is 15.0. The molecule has 3 aromatic carbocycles. The van der Waals surface area contributed by atoms with Gasteiger partial charge in [0.25, 0.3) is 11.5 Å². The minimum Gasteiger partial charge on any atom is -0.493 e. The lowest BCUT2D eigenvalue weighted by Gasteiger charge is -2.26. The van der Waals surface area contributed by atoms with Crippen molar-refractivity contribution in [3.63, 3.8) is 0 Å². The monoisotopic (exact) mass is 659 g/mol. The zero-order valence-corrected chi connectivity index (χ0v) is 26.5. The molecule has 0 fully saturated rings. The van der Waals surface area contributed by atoms with Gasteiger partial charge < -0.3 is 19.5 Å². The SMILES string of the molecule is C=CCOc1ccc(Br)cc1/C=c1\sc2n(c1=O)[C@H](c1ccc(OC)c(OC)c1)C(C(=O)Nc1ccccc1C)=C(C)N=2. The van der Waals surface area contributed by atoms with Crippen molar-refractivity contribution >= 4 is 44.9 Å². The molecule has 43 heavy (non-hydrogen) atoms. The fourth-order valence-electron chi connectivity index (χ4n) is 4.91. The molecule has 1 amide bonds. The third-order valence-corrected chi connectivity index (χ3v) is 8.47. The number of nitrogens with zero attached hydrogens (tertiary/aromatic N) is 2. The zero-order valence-electron chi connectivity index (χ0n) is 24.1. The standard InChI is InChI=1S/C33H30BrN3O5S/c1-6-15-42-25-14-12-23(34)16-22(25)18-28-32(39)37-30(21-11-13-26(40-4)27(17-21)41-5)29(20(3)35-33(37)43-28)31(38)36-24-10-8-7-9-19(24)2/h6-14,16-18,30H,1,15H2,2-5H3,(H,36,38)/b28-18-/t30-/m1/s1. The number of ether oxygens (including phenoxy) is 3. The largest absolute Gasteiger partial charge is 0.493 e. The molecule has 0 aliphatic carbocycles. The topological polar surface area (TPSA) is 91.1 Å². The van der Waals surface area contributed by atoms with Gasteiger partial charge in [-0.1, -0.05) is 64.2 Å². The number of benzene rings is 3. The van der Waals surface area contributed by atoms with Crippen molar-refractivity contribution in [3.05, 3.63) is 125 Å². The molecule has 0 saturated carbocycles. The maximum absolute atomic E-state index is 14.2. The Labute approximate surface area is 261 Å². The quantitative estimate of drug-likeness (QED) is 0.239. The number of carbonyl (C=O) groups excluding carboxylic acids is 1. The first kappa shape index (κ1) is 30.1. The van der Waals surface area contributed by atoms with E-state index in [1.54, 1.807) is 50.0 Å². The van der Waals surface area contributed by atoms with E-state index in [1.807, 2.05) is 55.5 Å². The average molecular weight is 661 g/mol. The molecular weight excluding hydrogens is 630 g/mol. The molecule has 0 saturated heterocycles. The molecule has 4 aromatic rings. The molecule has 1 aliphatic rings. The Morgan fingerprint density at radius 3 is 2.53 bits per heavy atom. The summed E-state index contributed by atoms with van der Waals surface area (Å²) in [6.07, 6.45) is 3.44. The van der Waals surface area contributed by atoms with Crippen LogP contribution in [0.25, 0.3) is 6.08 Å². The molecule has 0 bridgehead atoms. The van der Waals surface area contributed by atoms with E-state index in [0.717, 1.165) is 15.6 Å². The van der Waals surface area contributed by atoms with E-state index < -0.39 is 6.04 Å². The third kappa shape index (κ3) is 6.07. The molecular formula is C33H30BrN3O5S. The molecule has 220 valence electrons. The van der Waals surface area contributed by atoms with E-state index in [-0.39, 0.29) is 11.5 Å². The highest BCUT2D eigenvalue weighted by molar-refractivity contribution is 9.10. The number of anilines is 1. The summed E-state index contributed by atoms with van der Waals surface area (Å²) in [6, 6.07) is 17.7. The number of hydrogen-bond donors (Lipinski definition) is 1. The van der Waals surface area contributed by atoms with E-state index in [1.165, 1.54) is 11.3 Å². The van der Waals surface area contributed by atoms with Crippen LogP contribution >= 0.6 is 27.3 Å². The number of nitrogens with one attached hydrogen (secondary N) is 1. The van der Waals surface area contributed by atoms with Crippen molar-refractivity contribution in [2.45, 2.75) is 19.9 Å². The van der Waals surface area contributed by atoms with Gasteiger partial charge in [0.15, 0.2) is 16.3 Å².